The number of hydrogen-bond acceptors (Lipinski definition) is 2. The van der Waals surface area contributed by atoms with E-state index in [2.05, 4.69) is 63.6 Å². The number of hydrogen-bond donors (Lipinski definition) is 1. The van der Waals surface area contributed by atoms with Gasteiger partial charge in [-0.1, -0.05) is 17.7 Å². The molecule has 0 aliphatic heterocycles. The summed E-state index contributed by atoms with van der Waals surface area (Å²) >= 11 is 1.85. The summed E-state index contributed by atoms with van der Waals surface area (Å²) in [5.41, 5.74) is 7.05. The van der Waals surface area contributed by atoms with Crippen LogP contribution in [-0.4, -0.2) is 7.05 Å². The molecule has 0 saturated heterocycles. The number of rotatable bonds is 4. The second-order valence-corrected chi connectivity index (χ2v) is 6.34. The van der Waals surface area contributed by atoms with Gasteiger partial charge in [-0.2, -0.15) is 0 Å². The van der Waals surface area contributed by atoms with Crippen LogP contribution in [0.15, 0.2) is 23.6 Å². The molecule has 0 aliphatic carbocycles. The Kier molecular flexibility index (Phi) is 4.43. The summed E-state index contributed by atoms with van der Waals surface area (Å²) in [6.45, 7) is 8.82. The number of benzene rings is 1. The summed E-state index contributed by atoms with van der Waals surface area (Å²) < 4.78 is 0. The summed E-state index contributed by atoms with van der Waals surface area (Å²) in [6, 6.07) is 7.20. The van der Waals surface area contributed by atoms with Gasteiger partial charge in [-0.15, -0.1) is 11.3 Å². The Bertz CT molecular complexity index is 545. The minimum Gasteiger partial charge on any atom is -0.312 e. The lowest BCUT2D eigenvalue weighted by Crippen LogP contribution is -2.19. The van der Waals surface area contributed by atoms with E-state index in [0.29, 0.717) is 6.04 Å². The lowest BCUT2D eigenvalue weighted by Gasteiger charge is -2.19. The van der Waals surface area contributed by atoms with E-state index in [9.17, 15) is 0 Å². The minimum absolute atomic E-state index is 0.417. The Morgan fingerprint density at radius 1 is 1.05 bits per heavy atom. The average Bonchev–Trinajstić information content (AvgIpc) is 2.75. The van der Waals surface area contributed by atoms with E-state index in [4.69, 9.17) is 0 Å². The first-order valence-corrected chi connectivity index (χ1v) is 7.69. The van der Waals surface area contributed by atoms with Gasteiger partial charge in [-0.05, 0) is 74.9 Å². The summed E-state index contributed by atoms with van der Waals surface area (Å²) in [5, 5.41) is 5.66. The van der Waals surface area contributed by atoms with Crippen LogP contribution < -0.4 is 5.32 Å². The zero-order chi connectivity index (χ0) is 14.0. The Morgan fingerprint density at radius 2 is 1.68 bits per heavy atom. The van der Waals surface area contributed by atoms with Crippen LogP contribution in [0.25, 0.3) is 0 Å². The van der Waals surface area contributed by atoms with Crippen molar-refractivity contribution in [2.75, 3.05) is 7.05 Å². The smallest absolute Gasteiger partial charge is 0.0456 e. The third-order valence-electron chi connectivity index (χ3n) is 3.82. The third kappa shape index (κ3) is 3.07. The summed E-state index contributed by atoms with van der Waals surface area (Å²) in [5.74, 6) is 0. The van der Waals surface area contributed by atoms with Crippen LogP contribution in [0.2, 0.25) is 0 Å². The highest BCUT2D eigenvalue weighted by Crippen LogP contribution is 2.29. The van der Waals surface area contributed by atoms with Gasteiger partial charge in [-0.25, -0.2) is 0 Å². The molecular formula is C17H23NS. The van der Waals surface area contributed by atoms with Gasteiger partial charge in [-0.3, -0.25) is 0 Å². The fraction of sp³-hybridized carbons (Fsp3) is 0.412. The van der Waals surface area contributed by atoms with Crippen molar-refractivity contribution in [2.24, 2.45) is 0 Å². The van der Waals surface area contributed by atoms with Gasteiger partial charge < -0.3 is 5.32 Å². The zero-order valence-electron chi connectivity index (χ0n) is 12.5. The Morgan fingerprint density at radius 3 is 2.16 bits per heavy atom. The molecule has 0 saturated carbocycles. The van der Waals surface area contributed by atoms with Gasteiger partial charge in [0.05, 0.1) is 0 Å². The van der Waals surface area contributed by atoms with E-state index in [1.807, 2.05) is 11.3 Å². The quantitative estimate of drug-likeness (QED) is 0.865. The third-order valence-corrected chi connectivity index (χ3v) is 4.95. The van der Waals surface area contributed by atoms with E-state index < -0.39 is 0 Å². The normalized spacial score (nSPS) is 12.7. The highest BCUT2D eigenvalue weighted by molar-refractivity contribution is 7.10. The second kappa shape index (κ2) is 5.89. The van der Waals surface area contributed by atoms with Crippen molar-refractivity contribution in [2.45, 2.75) is 40.2 Å². The molecule has 1 aromatic carbocycles. The van der Waals surface area contributed by atoms with Crippen LogP contribution in [0.3, 0.4) is 0 Å². The maximum Gasteiger partial charge on any atom is 0.0456 e. The predicted molar refractivity (Wildman–Crippen MR) is 85.2 cm³/mol. The van der Waals surface area contributed by atoms with Crippen molar-refractivity contribution in [1.29, 1.82) is 0 Å². The topological polar surface area (TPSA) is 12.0 Å². The molecule has 1 nitrogen and oxygen atoms in total. The maximum atomic E-state index is 3.47. The Balaban J connectivity index is 2.32. The van der Waals surface area contributed by atoms with Gasteiger partial charge in [0.25, 0.3) is 0 Å². The van der Waals surface area contributed by atoms with E-state index in [0.717, 1.165) is 6.42 Å². The molecule has 19 heavy (non-hydrogen) atoms. The molecule has 1 unspecified atom stereocenters. The molecular weight excluding hydrogens is 250 g/mol. The molecule has 102 valence electrons. The molecule has 0 spiro atoms. The molecule has 2 heteroatoms. The van der Waals surface area contributed by atoms with Crippen LogP contribution >= 0.6 is 11.3 Å². The van der Waals surface area contributed by atoms with Crippen molar-refractivity contribution < 1.29 is 0 Å². The monoisotopic (exact) mass is 273 g/mol. The van der Waals surface area contributed by atoms with Gasteiger partial charge in [0.2, 0.25) is 0 Å². The van der Waals surface area contributed by atoms with E-state index in [1.165, 1.54) is 32.7 Å². The van der Waals surface area contributed by atoms with Gasteiger partial charge >= 0.3 is 0 Å². The highest BCUT2D eigenvalue weighted by Gasteiger charge is 2.16. The van der Waals surface area contributed by atoms with Crippen molar-refractivity contribution in [3.63, 3.8) is 0 Å². The molecule has 1 aromatic heterocycles. The first-order chi connectivity index (χ1) is 9.02. The lowest BCUT2D eigenvalue weighted by molar-refractivity contribution is 0.596. The van der Waals surface area contributed by atoms with Crippen molar-refractivity contribution >= 4 is 11.3 Å². The molecule has 0 radical (unpaired) electrons. The van der Waals surface area contributed by atoms with Crippen LogP contribution in [-0.2, 0) is 6.42 Å². The number of aryl methyl sites for hydroxylation is 4. The SMILES string of the molecule is CNC(Cc1c(C)cc(C)cc1C)c1sccc1C. The molecule has 1 atom stereocenters. The molecule has 0 fully saturated rings. The number of likely N-dealkylation sites (N-methyl/N-ethyl adjacent to an activating group) is 1. The number of thiophene rings is 1. The van der Waals surface area contributed by atoms with Gasteiger partial charge in [0.1, 0.15) is 0 Å². The van der Waals surface area contributed by atoms with Crippen LogP contribution in [0, 0.1) is 27.7 Å². The van der Waals surface area contributed by atoms with Crippen molar-refractivity contribution in [3.05, 3.63) is 56.3 Å². The summed E-state index contributed by atoms with van der Waals surface area (Å²) in [7, 11) is 2.06. The highest BCUT2D eigenvalue weighted by atomic mass is 32.1. The maximum absolute atomic E-state index is 3.47. The molecule has 0 amide bonds. The molecule has 0 aliphatic rings. The molecule has 2 rings (SSSR count). The minimum atomic E-state index is 0.417. The molecule has 1 heterocycles. The Hall–Kier alpha value is -1.12. The number of nitrogens with one attached hydrogen (secondary N) is 1. The van der Waals surface area contributed by atoms with Crippen molar-refractivity contribution in [1.82, 2.24) is 5.32 Å². The molecule has 1 N–H and O–H groups in total. The predicted octanol–water partition coefficient (Wildman–Crippen LogP) is 4.48. The summed E-state index contributed by atoms with van der Waals surface area (Å²) in [6.07, 6.45) is 1.07. The van der Waals surface area contributed by atoms with Crippen LogP contribution in [0.4, 0.5) is 0 Å². The largest absolute Gasteiger partial charge is 0.312 e. The second-order valence-electron chi connectivity index (χ2n) is 5.39. The van der Waals surface area contributed by atoms with Gasteiger partial charge in [0.15, 0.2) is 0 Å². The van der Waals surface area contributed by atoms with E-state index in [1.54, 1.807) is 0 Å². The summed E-state index contributed by atoms with van der Waals surface area (Å²) in [4.78, 5) is 1.46. The first kappa shape index (κ1) is 14.3. The van der Waals surface area contributed by atoms with Crippen LogP contribution in [0.1, 0.15) is 38.7 Å². The van der Waals surface area contributed by atoms with Gasteiger partial charge in [0, 0.05) is 10.9 Å². The fourth-order valence-corrected chi connectivity index (χ4v) is 3.84. The zero-order valence-corrected chi connectivity index (χ0v) is 13.3. The fourth-order valence-electron chi connectivity index (χ4n) is 2.80. The van der Waals surface area contributed by atoms with Crippen molar-refractivity contribution in [3.8, 4) is 0 Å². The first-order valence-electron chi connectivity index (χ1n) is 6.81. The lowest BCUT2D eigenvalue weighted by atomic mass is 9.93. The molecule has 0 bridgehead atoms. The van der Waals surface area contributed by atoms with E-state index in [-0.39, 0.29) is 0 Å². The van der Waals surface area contributed by atoms with Crippen LogP contribution in [0.5, 0.6) is 0 Å². The molecule has 2 aromatic rings. The van der Waals surface area contributed by atoms with E-state index >= 15 is 0 Å². The average molecular weight is 273 g/mol. The standard InChI is InChI=1S/C17H23NS/c1-11-8-13(3)15(14(4)9-11)10-16(18-5)17-12(2)6-7-19-17/h6-9,16,18H,10H2,1-5H3. The Labute approximate surface area is 120 Å².